The highest BCUT2D eigenvalue weighted by atomic mass is 32.1. The molecule has 0 aliphatic carbocycles. The van der Waals surface area contributed by atoms with Crippen LogP contribution in [-0.2, 0) is 6.18 Å². The number of rotatable bonds is 4. The van der Waals surface area contributed by atoms with Crippen molar-refractivity contribution >= 4 is 16.7 Å². The van der Waals surface area contributed by atoms with Gasteiger partial charge in [-0.15, -0.1) is 0 Å². The number of alkyl halides is 5. The fourth-order valence-corrected chi connectivity index (χ4v) is 1.27. The van der Waals surface area contributed by atoms with E-state index in [9.17, 15) is 22.0 Å². The van der Waals surface area contributed by atoms with Crippen LogP contribution in [-0.4, -0.2) is 28.4 Å². The lowest BCUT2D eigenvalue weighted by atomic mass is 10.3. The molecule has 1 aromatic heterocycles. The summed E-state index contributed by atoms with van der Waals surface area (Å²) in [5.74, 6) is -4.54. The quantitative estimate of drug-likeness (QED) is 0.808. The van der Waals surface area contributed by atoms with Gasteiger partial charge in [0.05, 0.1) is 13.1 Å². The van der Waals surface area contributed by atoms with Crippen molar-refractivity contribution in [2.24, 2.45) is 5.73 Å². The van der Waals surface area contributed by atoms with Gasteiger partial charge >= 0.3 is 6.18 Å². The van der Waals surface area contributed by atoms with Crippen LogP contribution in [0.25, 0.3) is 0 Å². The first-order valence-corrected chi connectivity index (χ1v) is 4.74. The maximum atomic E-state index is 12.6. The average molecular weight is 262 g/mol. The Kier molecular flexibility index (Phi) is 3.63. The molecule has 0 atom stereocenters. The molecule has 0 saturated carbocycles. The molecule has 4 nitrogen and oxygen atoms in total. The standard InChI is InChI=1S/C6H7F5N4S/c7-5(8,1-12)2-13-4-14-3(15-16-4)6(9,10)11/h1-2,12H2,(H,13,14,15). The molecule has 0 amide bonds. The number of nitrogens with one attached hydrogen (secondary N) is 1. The summed E-state index contributed by atoms with van der Waals surface area (Å²) >= 11 is 0.361. The lowest BCUT2D eigenvalue weighted by molar-refractivity contribution is -0.144. The summed E-state index contributed by atoms with van der Waals surface area (Å²) in [6.45, 7) is -1.78. The Bertz CT molecular complexity index is 349. The van der Waals surface area contributed by atoms with E-state index in [1.54, 1.807) is 0 Å². The van der Waals surface area contributed by atoms with Gasteiger partial charge in [0.25, 0.3) is 5.92 Å². The third kappa shape index (κ3) is 3.52. The van der Waals surface area contributed by atoms with Gasteiger partial charge in [0.1, 0.15) is 0 Å². The number of halogens is 5. The molecule has 16 heavy (non-hydrogen) atoms. The fraction of sp³-hybridized carbons (Fsp3) is 0.667. The topological polar surface area (TPSA) is 63.8 Å². The van der Waals surface area contributed by atoms with Crippen LogP contribution in [0.5, 0.6) is 0 Å². The van der Waals surface area contributed by atoms with Crippen molar-refractivity contribution in [3.05, 3.63) is 5.82 Å². The predicted molar refractivity (Wildman–Crippen MR) is 47.4 cm³/mol. The van der Waals surface area contributed by atoms with Crippen LogP contribution in [0.15, 0.2) is 0 Å². The monoisotopic (exact) mass is 262 g/mol. The Morgan fingerprint density at radius 2 is 1.88 bits per heavy atom. The van der Waals surface area contributed by atoms with Gasteiger partial charge in [-0.25, -0.2) is 8.78 Å². The first kappa shape index (κ1) is 13.0. The van der Waals surface area contributed by atoms with Gasteiger partial charge in [0.2, 0.25) is 11.0 Å². The lowest BCUT2D eigenvalue weighted by Gasteiger charge is -2.13. The van der Waals surface area contributed by atoms with Crippen molar-refractivity contribution in [2.45, 2.75) is 12.1 Å². The molecular formula is C6H7F5N4S. The first-order chi connectivity index (χ1) is 7.24. The van der Waals surface area contributed by atoms with Gasteiger partial charge in [0, 0.05) is 11.5 Å². The van der Waals surface area contributed by atoms with Crippen molar-refractivity contribution in [1.82, 2.24) is 9.36 Å². The highest BCUT2D eigenvalue weighted by Crippen LogP contribution is 2.29. The summed E-state index contributed by atoms with van der Waals surface area (Å²) in [5.41, 5.74) is 4.74. The van der Waals surface area contributed by atoms with Gasteiger partial charge < -0.3 is 11.1 Å². The Hall–Kier alpha value is -1.03. The molecule has 0 unspecified atom stereocenters. The van der Waals surface area contributed by atoms with Crippen molar-refractivity contribution in [3.8, 4) is 0 Å². The molecular weight excluding hydrogens is 255 g/mol. The number of anilines is 1. The minimum absolute atomic E-state index is 0.319. The van der Waals surface area contributed by atoms with E-state index >= 15 is 0 Å². The van der Waals surface area contributed by atoms with E-state index < -0.39 is 31.0 Å². The van der Waals surface area contributed by atoms with Crippen LogP contribution >= 0.6 is 11.5 Å². The Balaban J connectivity index is 2.60. The van der Waals surface area contributed by atoms with E-state index in [0.29, 0.717) is 11.5 Å². The third-order valence-electron chi connectivity index (χ3n) is 1.48. The zero-order chi connectivity index (χ0) is 12.4. The van der Waals surface area contributed by atoms with Crippen LogP contribution in [0.3, 0.4) is 0 Å². The van der Waals surface area contributed by atoms with Gasteiger partial charge in [-0.1, -0.05) is 0 Å². The Morgan fingerprint density at radius 3 is 2.31 bits per heavy atom. The van der Waals surface area contributed by atoms with Crippen LogP contribution in [0.4, 0.5) is 27.1 Å². The van der Waals surface area contributed by atoms with Crippen molar-refractivity contribution in [1.29, 1.82) is 0 Å². The van der Waals surface area contributed by atoms with E-state index in [1.165, 1.54) is 0 Å². The molecule has 1 rings (SSSR count). The number of hydrogen-bond donors (Lipinski definition) is 2. The highest BCUT2D eigenvalue weighted by molar-refractivity contribution is 7.09. The first-order valence-electron chi connectivity index (χ1n) is 3.97. The van der Waals surface area contributed by atoms with E-state index in [0.717, 1.165) is 0 Å². The molecule has 0 spiro atoms. The maximum absolute atomic E-state index is 12.6. The number of aromatic nitrogens is 2. The summed E-state index contributed by atoms with van der Waals surface area (Å²) in [4.78, 5) is 3.02. The smallest absolute Gasteiger partial charge is 0.354 e. The predicted octanol–water partition coefficient (Wildman–Crippen LogP) is 1.56. The molecule has 0 aromatic carbocycles. The lowest BCUT2D eigenvalue weighted by Crippen LogP contribution is -2.35. The minimum atomic E-state index is -4.67. The maximum Gasteiger partial charge on any atom is 0.452 e. The summed E-state index contributed by atoms with van der Waals surface area (Å²) in [6.07, 6.45) is -4.67. The van der Waals surface area contributed by atoms with Crippen LogP contribution in [0.2, 0.25) is 0 Å². The molecule has 92 valence electrons. The molecule has 0 saturated heterocycles. The Labute approximate surface area is 90.8 Å². The number of nitrogens with two attached hydrogens (primary N) is 1. The molecule has 3 N–H and O–H groups in total. The molecule has 1 heterocycles. The molecule has 0 radical (unpaired) electrons. The molecule has 0 bridgehead atoms. The molecule has 0 aliphatic rings. The highest BCUT2D eigenvalue weighted by Gasteiger charge is 2.36. The number of nitrogens with zero attached hydrogens (tertiary/aromatic N) is 2. The van der Waals surface area contributed by atoms with E-state index in [4.69, 9.17) is 5.73 Å². The van der Waals surface area contributed by atoms with Crippen LogP contribution < -0.4 is 11.1 Å². The summed E-state index contributed by atoms with van der Waals surface area (Å²) in [7, 11) is 0. The SMILES string of the molecule is NCC(F)(F)CNc1nc(C(F)(F)F)ns1. The van der Waals surface area contributed by atoms with Gasteiger partial charge in [-0.2, -0.15) is 22.5 Å². The van der Waals surface area contributed by atoms with Crippen molar-refractivity contribution in [3.63, 3.8) is 0 Å². The summed E-state index contributed by atoms with van der Waals surface area (Å²) in [6, 6.07) is 0. The van der Waals surface area contributed by atoms with E-state index in [1.807, 2.05) is 5.32 Å². The number of hydrogen-bond acceptors (Lipinski definition) is 5. The van der Waals surface area contributed by atoms with Gasteiger partial charge in [-0.3, -0.25) is 0 Å². The second-order valence-electron chi connectivity index (χ2n) is 2.83. The van der Waals surface area contributed by atoms with Gasteiger partial charge in [0.15, 0.2) is 0 Å². The van der Waals surface area contributed by atoms with Crippen LogP contribution in [0, 0.1) is 0 Å². The largest absolute Gasteiger partial charge is 0.452 e. The normalized spacial score (nSPS) is 12.9. The third-order valence-corrected chi connectivity index (χ3v) is 2.15. The molecule has 0 aliphatic heterocycles. The molecule has 0 fully saturated rings. The summed E-state index contributed by atoms with van der Waals surface area (Å²) < 4.78 is 64.3. The van der Waals surface area contributed by atoms with Gasteiger partial charge in [-0.05, 0) is 0 Å². The average Bonchev–Trinajstić information content (AvgIpc) is 2.63. The zero-order valence-electron chi connectivity index (χ0n) is 7.68. The zero-order valence-corrected chi connectivity index (χ0v) is 8.50. The molecule has 10 heteroatoms. The second kappa shape index (κ2) is 4.45. The van der Waals surface area contributed by atoms with E-state index in [2.05, 4.69) is 9.36 Å². The van der Waals surface area contributed by atoms with E-state index in [-0.39, 0.29) is 5.13 Å². The van der Waals surface area contributed by atoms with Crippen molar-refractivity contribution in [2.75, 3.05) is 18.4 Å². The van der Waals surface area contributed by atoms with Crippen molar-refractivity contribution < 1.29 is 22.0 Å². The molecule has 1 aromatic rings. The minimum Gasteiger partial charge on any atom is -0.354 e. The summed E-state index contributed by atoms with van der Waals surface area (Å²) in [5, 5.41) is 1.72. The fourth-order valence-electron chi connectivity index (χ4n) is 0.688. The second-order valence-corrected chi connectivity index (χ2v) is 3.59. The van der Waals surface area contributed by atoms with Crippen LogP contribution in [0.1, 0.15) is 5.82 Å². The Morgan fingerprint density at radius 1 is 1.25 bits per heavy atom.